The van der Waals surface area contributed by atoms with E-state index in [0.717, 1.165) is 16.5 Å². The van der Waals surface area contributed by atoms with E-state index >= 15 is 0 Å². The topological polar surface area (TPSA) is 62.6 Å². The maximum Gasteiger partial charge on any atom is 0.239 e. The molecule has 1 N–H and O–H groups in total. The van der Waals surface area contributed by atoms with E-state index in [2.05, 4.69) is 5.32 Å². The molecule has 138 valence electrons. The normalized spacial score (nSPS) is 13.1. The van der Waals surface area contributed by atoms with E-state index in [1.807, 2.05) is 50.3 Å². The van der Waals surface area contributed by atoms with Gasteiger partial charge >= 0.3 is 0 Å². The summed E-state index contributed by atoms with van der Waals surface area (Å²) in [5, 5.41) is 4.03. The lowest BCUT2D eigenvalue weighted by molar-refractivity contribution is -0.136. The lowest BCUT2D eigenvalue weighted by Crippen LogP contribution is -2.44. The van der Waals surface area contributed by atoms with E-state index in [1.165, 1.54) is 4.90 Å². The standard InChI is InChI=1S/C21H23BN2O3/c1-24(2)21(26)19(14-8-4-3-5-9-14)20(25)23-18(22)12-15-13-27-17-11-7-6-10-16(15)17/h3-11,13,18-19H,12,22H2,1-2H3,(H,23,25)/t18-,19?/m0/s1. The third-order valence-corrected chi connectivity index (χ3v) is 4.56. The Morgan fingerprint density at radius 2 is 1.74 bits per heavy atom. The molecule has 1 heterocycles. The predicted molar refractivity (Wildman–Crippen MR) is 108 cm³/mol. The van der Waals surface area contributed by atoms with Crippen LogP contribution in [0.5, 0.6) is 0 Å². The highest BCUT2D eigenvalue weighted by Crippen LogP contribution is 2.22. The van der Waals surface area contributed by atoms with Crippen LogP contribution in [0.25, 0.3) is 11.0 Å². The molecule has 0 saturated carbocycles. The molecule has 3 aromatic rings. The smallest absolute Gasteiger partial charge is 0.239 e. The second-order valence-electron chi connectivity index (χ2n) is 6.95. The summed E-state index contributed by atoms with van der Waals surface area (Å²) in [6.45, 7) is 0. The van der Waals surface area contributed by atoms with Gasteiger partial charge in [0, 0.05) is 25.4 Å². The first kappa shape index (κ1) is 18.8. The molecule has 3 rings (SSSR count). The van der Waals surface area contributed by atoms with Gasteiger partial charge in [-0.25, -0.2) is 0 Å². The SMILES string of the molecule is B[C@H](Cc1coc2ccccc12)NC(=O)C(C(=O)N(C)C)c1ccccc1. The van der Waals surface area contributed by atoms with E-state index in [0.29, 0.717) is 12.0 Å². The van der Waals surface area contributed by atoms with Crippen LogP contribution in [0.3, 0.4) is 0 Å². The van der Waals surface area contributed by atoms with Gasteiger partial charge in [0.2, 0.25) is 11.8 Å². The van der Waals surface area contributed by atoms with Crippen LogP contribution in [0, 0.1) is 0 Å². The number of para-hydroxylation sites is 1. The number of benzene rings is 2. The summed E-state index contributed by atoms with van der Waals surface area (Å²) in [7, 11) is 5.25. The van der Waals surface area contributed by atoms with Gasteiger partial charge in [-0.15, -0.1) is 0 Å². The first-order valence-corrected chi connectivity index (χ1v) is 8.99. The number of carbonyl (C=O) groups excluding carboxylic acids is 2. The zero-order valence-electron chi connectivity index (χ0n) is 15.8. The van der Waals surface area contributed by atoms with Gasteiger partial charge < -0.3 is 14.6 Å². The Labute approximate surface area is 159 Å². The fraction of sp³-hybridized carbons (Fsp3) is 0.238. The highest BCUT2D eigenvalue weighted by Gasteiger charge is 2.30. The van der Waals surface area contributed by atoms with E-state index in [9.17, 15) is 9.59 Å². The van der Waals surface area contributed by atoms with E-state index < -0.39 is 5.92 Å². The van der Waals surface area contributed by atoms with Crippen molar-refractivity contribution in [3.63, 3.8) is 0 Å². The monoisotopic (exact) mass is 362 g/mol. The number of nitrogens with one attached hydrogen (secondary N) is 1. The average molecular weight is 362 g/mol. The minimum absolute atomic E-state index is 0.139. The van der Waals surface area contributed by atoms with Crippen molar-refractivity contribution >= 4 is 30.6 Å². The summed E-state index contributed by atoms with van der Waals surface area (Å²) in [5.41, 5.74) is 2.55. The summed E-state index contributed by atoms with van der Waals surface area (Å²) in [5.74, 6) is -1.52. The number of likely N-dealkylation sites (N-methyl/N-ethyl adjacent to an activating group) is 1. The molecular formula is C21H23BN2O3. The number of fused-ring (bicyclic) bond motifs is 1. The summed E-state index contributed by atoms with van der Waals surface area (Å²) in [6, 6.07) is 17.0. The summed E-state index contributed by atoms with van der Waals surface area (Å²) in [6.07, 6.45) is 2.35. The Morgan fingerprint density at radius 3 is 2.44 bits per heavy atom. The summed E-state index contributed by atoms with van der Waals surface area (Å²) >= 11 is 0. The molecule has 2 amide bonds. The molecule has 1 unspecified atom stereocenters. The fourth-order valence-electron chi connectivity index (χ4n) is 3.21. The number of rotatable bonds is 6. The van der Waals surface area contributed by atoms with Crippen LogP contribution in [0.4, 0.5) is 0 Å². The molecule has 0 aliphatic carbocycles. The molecule has 0 spiro atoms. The zero-order chi connectivity index (χ0) is 19.4. The van der Waals surface area contributed by atoms with Crippen LogP contribution < -0.4 is 5.32 Å². The Hall–Kier alpha value is -3.02. The van der Waals surface area contributed by atoms with Crippen LogP contribution in [0.1, 0.15) is 17.0 Å². The Kier molecular flexibility index (Phi) is 5.64. The molecule has 6 heteroatoms. The minimum Gasteiger partial charge on any atom is -0.464 e. The zero-order valence-corrected chi connectivity index (χ0v) is 15.8. The number of hydrogen-bond donors (Lipinski definition) is 1. The minimum atomic E-state index is -0.857. The van der Waals surface area contributed by atoms with E-state index in [4.69, 9.17) is 4.42 Å². The third-order valence-electron chi connectivity index (χ3n) is 4.56. The van der Waals surface area contributed by atoms with Crippen molar-refractivity contribution in [2.24, 2.45) is 0 Å². The van der Waals surface area contributed by atoms with Crippen LogP contribution >= 0.6 is 0 Å². The lowest BCUT2D eigenvalue weighted by atomic mass is 9.88. The van der Waals surface area contributed by atoms with Crippen molar-refractivity contribution in [1.29, 1.82) is 0 Å². The summed E-state index contributed by atoms with van der Waals surface area (Å²) in [4.78, 5) is 27.0. The Bertz CT molecular complexity index is 937. The molecule has 0 fully saturated rings. The van der Waals surface area contributed by atoms with E-state index in [-0.39, 0.29) is 17.8 Å². The number of amides is 2. The molecule has 0 aliphatic heterocycles. The van der Waals surface area contributed by atoms with Crippen LogP contribution in [-0.4, -0.2) is 44.6 Å². The fourth-order valence-corrected chi connectivity index (χ4v) is 3.21. The number of carbonyl (C=O) groups is 2. The van der Waals surface area contributed by atoms with Crippen molar-refractivity contribution in [2.45, 2.75) is 18.3 Å². The highest BCUT2D eigenvalue weighted by molar-refractivity contribution is 6.15. The van der Waals surface area contributed by atoms with Crippen molar-refractivity contribution < 1.29 is 14.0 Å². The second kappa shape index (κ2) is 8.12. The molecule has 27 heavy (non-hydrogen) atoms. The van der Waals surface area contributed by atoms with Gasteiger partial charge in [0.1, 0.15) is 19.3 Å². The number of nitrogens with zero attached hydrogens (tertiary/aromatic N) is 1. The highest BCUT2D eigenvalue weighted by atomic mass is 16.3. The maximum atomic E-state index is 12.9. The molecule has 0 aliphatic rings. The van der Waals surface area contributed by atoms with Gasteiger partial charge in [0.05, 0.1) is 6.26 Å². The van der Waals surface area contributed by atoms with Gasteiger partial charge in [0.15, 0.2) is 0 Å². The number of hydrogen-bond acceptors (Lipinski definition) is 3. The van der Waals surface area contributed by atoms with Crippen molar-refractivity contribution in [3.05, 3.63) is 72.0 Å². The van der Waals surface area contributed by atoms with Gasteiger partial charge in [-0.05, 0) is 23.6 Å². The largest absolute Gasteiger partial charge is 0.464 e. The summed E-state index contributed by atoms with van der Waals surface area (Å²) < 4.78 is 5.57. The third kappa shape index (κ3) is 4.22. The molecule has 1 aromatic heterocycles. The molecule has 2 aromatic carbocycles. The molecule has 0 saturated heterocycles. The van der Waals surface area contributed by atoms with Gasteiger partial charge in [-0.1, -0.05) is 48.5 Å². The lowest BCUT2D eigenvalue weighted by Gasteiger charge is -2.22. The molecule has 0 radical (unpaired) electrons. The van der Waals surface area contributed by atoms with Gasteiger partial charge in [-0.2, -0.15) is 0 Å². The van der Waals surface area contributed by atoms with Gasteiger partial charge in [-0.3, -0.25) is 9.59 Å². The first-order chi connectivity index (χ1) is 13.0. The number of furan rings is 1. The quantitative estimate of drug-likeness (QED) is 0.538. The van der Waals surface area contributed by atoms with Crippen LogP contribution in [-0.2, 0) is 16.0 Å². The van der Waals surface area contributed by atoms with Crippen molar-refractivity contribution in [2.75, 3.05) is 14.1 Å². The van der Waals surface area contributed by atoms with Gasteiger partial charge in [0.25, 0.3) is 0 Å². The predicted octanol–water partition coefficient (Wildman–Crippen LogP) is 1.92. The Morgan fingerprint density at radius 1 is 1.07 bits per heavy atom. The van der Waals surface area contributed by atoms with Crippen molar-refractivity contribution in [3.8, 4) is 0 Å². The molecule has 2 atom stereocenters. The molecular weight excluding hydrogens is 339 g/mol. The average Bonchev–Trinajstić information content (AvgIpc) is 3.05. The van der Waals surface area contributed by atoms with Crippen LogP contribution in [0.15, 0.2) is 65.3 Å². The van der Waals surface area contributed by atoms with E-state index in [1.54, 1.807) is 32.5 Å². The van der Waals surface area contributed by atoms with Crippen molar-refractivity contribution in [1.82, 2.24) is 10.2 Å². The maximum absolute atomic E-state index is 12.9. The molecule has 0 bridgehead atoms. The van der Waals surface area contributed by atoms with Crippen LogP contribution in [0.2, 0.25) is 0 Å². The molecule has 5 nitrogen and oxygen atoms in total. The first-order valence-electron chi connectivity index (χ1n) is 8.99. The Balaban J connectivity index is 1.75. The second-order valence-corrected chi connectivity index (χ2v) is 6.95.